The van der Waals surface area contributed by atoms with Gasteiger partial charge in [-0.1, -0.05) is 13.8 Å². The number of aryl methyl sites for hydroxylation is 2. The van der Waals surface area contributed by atoms with Crippen LogP contribution in [0, 0.1) is 5.82 Å². The van der Waals surface area contributed by atoms with E-state index in [1.165, 1.54) is 6.07 Å². The molecule has 0 radical (unpaired) electrons. The molecule has 0 atom stereocenters. The molecule has 0 fully saturated rings. The van der Waals surface area contributed by atoms with Gasteiger partial charge in [-0.15, -0.1) is 0 Å². The molecule has 0 aliphatic carbocycles. The molecule has 2 heteroatoms. The molecule has 0 saturated carbocycles. The van der Waals surface area contributed by atoms with Gasteiger partial charge in [-0.2, -0.15) is 0 Å². The van der Waals surface area contributed by atoms with E-state index in [9.17, 15) is 4.39 Å². The van der Waals surface area contributed by atoms with Crippen LogP contribution in [0.1, 0.15) is 25.0 Å². The van der Waals surface area contributed by atoms with Crippen LogP contribution in [0.15, 0.2) is 12.1 Å². The monoisotopic (exact) mass is 182 g/mol. The van der Waals surface area contributed by atoms with Gasteiger partial charge >= 0.3 is 0 Å². The highest BCUT2D eigenvalue weighted by Gasteiger charge is 2.07. The Morgan fingerprint density at radius 3 is 2.23 bits per heavy atom. The molecule has 1 aromatic carbocycles. The van der Waals surface area contributed by atoms with E-state index >= 15 is 0 Å². The van der Waals surface area contributed by atoms with Gasteiger partial charge in [0.05, 0.1) is 7.11 Å². The van der Waals surface area contributed by atoms with Gasteiger partial charge in [0, 0.05) is 6.07 Å². The molecule has 1 aromatic rings. The summed E-state index contributed by atoms with van der Waals surface area (Å²) < 4.78 is 18.4. The molecule has 72 valence electrons. The van der Waals surface area contributed by atoms with E-state index in [1.807, 2.05) is 19.9 Å². The largest absolute Gasteiger partial charge is 0.496 e. The third-order valence-electron chi connectivity index (χ3n) is 2.21. The molecule has 0 saturated heterocycles. The summed E-state index contributed by atoms with van der Waals surface area (Å²) in [5, 5.41) is 0. The molecule has 0 N–H and O–H groups in total. The zero-order valence-electron chi connectivity index (χ0n) is 8.36. The molecule has 0 bridgehead atoms. The third-order valence-corrected chi connectivity index (χ3v) is 2.21. The Bertz CT molecular complexity index is 294. The summed E-state index contributed by atoms with van der Waals surface area (Å²) in [4.78, 5) is 0. The van der Waals surface area contributed by atoms with Crippen molar-refractivity contribution < 1.29 is 9.13 Å². The molecular weight excluding hydrogens is 167 g/mol. The zero-order valence-corrected chi connectivity index (χ0v) is 8.36. The lowest BCUT2D eigenvalue weighted by Crippen LogP contribution is -1.96. The van der Waals surface area contributed by atoms with Gasteiger partial charge in [-0.25, -0.2) is 4.39 Å². The van der Waals surface area contributed by atoms with Crippen molar-refractivity contribution in [2.75, 3.05) is 7.11 Å². The van der Waals surface area contributed by atoms with Gasteiger partial charge in [-0.05, 0) is 30.0 Å². The SMILES string of the molecule is CCc1cc(CC)c(OC)cc1F. The van der Waals surface area contributed by atoms with Crippen LogP contribution in [-0.4, -0.2) is 7.11 Å². The molecule has 0 aliphatic rings. The van der Waals surface area contributed by atoms with E-state index in [0.717, 1.165) is 24.0 Å². The second kappa shape index (κ2) is 4.26. The lowest BCUT2D eigenvalue weighted by molar-refractivity contribution is 0.406. The van der Waals surface area contributed by atoms with Crippen LogP contribution < -0.4 is 4.74 Å². The third kappa shape index (κ3) is 2.00. The van der Waals surface area contributed by atoms with E-state index in [0.29, 0.717) is 5.75 Å². The van der Waals surface area contributed by atoms with Crippen molar-refractivity contribution in [1.29, 1.82) is 0 Å². The Morgan fingerprint density at radius 1 is 1.15 bits per heavy atom. The Morgan fingerprint density at radius 2 is 1.77 bits per heavy atom. The first-order valence-corrected chi connectivity index (χ1v) is 4.58. The minimum absolute atomic E-state index is 0.170. The van der Waals surface area contributed by atoms with E-state index in [2.05, 4.69) is 0 Å². The van der Waals surface area contributed by atoms with Crippen molar-refractivity contribution in [3.63, 3.8) is 0 Å². The number of rotatable bonds is 3. The Labute approximate surface area is 78.5 Å². The molecule has 0 unspecified atom stereocenters. The van der Waals surface area contributed by atoms with Gasteiger partial charge < -0.3 is 4.74 Å². The van der Waals surface area contributed by atoms with Gasteiger partial charge in [0.1, 0.15) is 11.6 Å². The number of benzene rings is 1. The predicted molar refractivity (Wildman–Crippen MR) is 51.7 cm³/mol. The maximum Gasteiger partial charge on any atom is 0.130 e. The summed E-state index contributed by atoms with van der Waals surface area (Å²) in [6.45, 7) is 3.99. The van der Waals surface area contributed by atoms with Crippen LogP contribution in [0.5, 0.6) is 5.75 Å². The van der Waals surface area contributed by atoms with Crippen LogP contribution in [0.4, 0.5) is 4.39 Å². The smallest absolute Gasteiger partial charge is 0.130 e. The Hall–Kier alpha value is -1.05. The Kier molecular flexibility index (Phi) is 3.29. The number of methoxy groups -OCH3 is 1. The topological polar surface area (TPSA) is 9.23 Å². The highest BCUT2D eigenvalue weighted by Crippen LogP contribution is 2.23. The highest BCUT2D eigenvalue weighted by molar-refractivity contribution is 5.38. The van der Waals surface area contributed by atoms with Crippen molar-refractivity contribution in [2.24, 2.45) is 0 Å². The Balaban J connectivity index is 3.18. The molecule has 13 heavy (non-hydrogen) atoms. The molecule has 1 rings (SSSR count). The average Bonchev–Trinajstić information content (AvgIpc) is 2.17. The first-order valence-electron chi connectivity index (χ1n) is 4.58. The number of hydrogen-bond acceptors (Lipinski definition) is 1. The summed E-state index contributed by atoms with van der Waals surface area (Å²) in [6, 6.07) is 3.35. The second-order valence-electron chi connectivity index (χ2n) is 2.96. The molecule has 0 heterocycles. The van der Waals surface area contributed by atoms with Crippen molar-refractivity contribution in [3.05, 3.63) is 29.1 Å². The fourth-order valence-corrected chi connectivity index (χ4v) is 1.39. The predicted octanol–water partition coefficient (Wildman–Crippen LogP) is 2.96. The maximum atomic E-state index is 13.3. The van der Waals surface area contributed by atoms with Crippen molar-refractivity contribution >= 4 is 0 Å². The van der Waals surface area contributed by atoms with Crippen LogP contribution in [0.3, 0.4) is 0 Å². The fourth-order valence-electron chi connectivity index (χ4n) is 1.39. The first-order chi connectivity index (χ1) is 6.22. The molecular formula is C11H15FO. The minimum Gasteiger partial charge on any atom is -0.496 e. The maximum absolute atomic E-state index is 13.3. The molecule has 0 aliphatic heterocycles. The van der Waals surface area contributed by atoms with Crippen molar-refractivity contribution in [3.8, 4) is 5.75 Å². The van der Waals surface area contributed by atoms with Gasteiger partial charge in [0.15, 0.2) is 0 Å². The minimum atomic E-state index is -0.170. The summed E-state index contributed by atoms with van der Waals surface area (Å²) >= 11 is 0. The number of halogens is 1. The molecule has 0 amide bonds. The summed E-state index contributed by atoms with van der Waals surface area (Å²) in [5.74, 6) is 0.480. The van der Waals surface area contributed by atoms with Crippen LogP contribution in [0.2, 0.25) is 0 Å². The summed E-state index contributed by atoms with van der Waals surface area (Å²) in [7, 11) is 1.57. The quantitative estimate of drug-likeness (QED) is 0.698. The van der Waals surface area contributed by atoms with E-state index in [-0.39, 0.29) is 5.82 Å². The van der Waals surface area contributed by atoms with Gasteiger partial charge in [0.25, 0.3) is 0 Å². The lowest BCUT2D eigenvalue weighted by atomic mass is 10.1. The molecule has 0 spiro atoms. The standard InChI is InChI=1S/C11H15FO/c1-4-8-6-9(5-2)11(13-3)7-10(8)12/h6-7H,4-5H2,1-3H3. The van der Waals surface area contributed by atoms with Crippen molar-refractivity contribution in [1.82, 2.24) is 0 Å². The van der Waals surface area contributed by atoms with Crippen LogP contribution in [0.25, 0.3) is 0 Å². The zero-order chi connectivity index (χ0) is 9.84. The second-order valence-corrected chi connectivity index (χ2v) is 2.96. The van der Waals surface area contributed by atoms with Crippen molar-refractivity contribution in [2.45, 2.75) is 26.7 Å². The summed E-state index contributed by atoms with van der Waals surface area (Å²) in [5.41, 5.74) is 1.83. The first kappa shape index (κ1) is 10.0. The highest BCUT2D eigenvalue weighted by atomic mass is 19.1. The molecule has 1 nitrogen and oxygen atoms in total. The molecule has 0 aromatic heterocycles. The van der Waals surface area contributed by atoms with E-state index in [1.54, 1.807) is 7.11 Å². The van der Waals surface area contributed by atoms with E-state index in [4.69, 9.17) is 4.74 Å². The van der Waals surface area contributed by atoms with Crippen LogP contribution in [-0.2, 0) is 12.8 Å². The van der Waals surface area contributed by atoms with E-state index < -0.39 is 0 Å². The lowest BCUT2D eigenvalue weighted by Gasteiger charge is -2.09. The average molecular weight is 182 g/mol. The number of hydrogen-bond donors (Lipinski definition) is 0. The van der Waals surface area contributed by atoms with Crippen LogP contribution >= 0.6 is 0 Å². The van der Waals surface area contributed by atoms with Gasteiger partial charge in [-0.3, -0.25) is 0 Å². The normalized spacial score (nSPS) is 10.2. The number of ether oxygens (including phenoxy) is 1. The van der Waals surface area contributed by atoms with Gasteiger partial charge in [0.2, 0.25) is 0 Å². The fraction of sp³-hybridized carbons (Fsp3) is 0.455. The summed E-state index contributed by atoms with van der Waals surface area (Å²) in [6.07, 6.45) is 1.60.